The van der Waals surface area contributed by atoms with Gasteiger partial charge in [0.1, 0.15) is 0 Å². The maximum atomic E-state index is 12.4. The van der Waals surface area contributed by atoms with Crippen molar-refractivity contribution in [1.82, 2.24) is 0 Å². The summed E-state index contributed by atoms with van der Waals surface area (Å²) < 4.78 is 1.03. The number of carbonyl (C=O) groups excluding carboxylic acids is 2. The van der Waals surface area contributed by atoms with Crippen LogP contribution in [0.4, 0.5) is 5.69 Å². The summed E-state index contributed by atoms with van der Waals surface area (Å²) >= 11 is 2.15. The fourth-order valence-corrected chi connectivity index (χ4v) is 2.24. The zero-order chi connectivity index (χ0) is 14.7. The summed E-state index contributed by atoms with van der Waals surface area (Å²) in [5.74, 6) is -1.45. The molecule has 0 aliphatic carbocycles. The zero-order valence-electron chi connectivity index (χ0n) is 10.4. The summed E-state index contributed by atoms with van der Waals surface area (Å²) in [7, 11) is 0. The number of aliphatic carboxylic acids is 1. The minimum absolute atomic E-state index is 0.195. The van der Waals surface area contributed by atoms with E-state index in [1.54, 1.807) is 30.3 Å². The van der Waals surface area contributed by atoms with Crippen LogP contribution in [0.3, 0.4) is 0 Å². The number of carboxylic acids is 1. The number of rotatable bonds is 4. The number of nitrogens with two attached hydrogens (primary N) is 1. The van der Waals surface area contributed by atoms with Crippen LogP contribution in [0.2, 0.25) is 0 Å². The highest BCUT2D eigenvalue weighted by Gasteiger charge is 2.14. The van der Waals surface area contributed by atoms with Gasteiger partial charge >= 0.3 is 0 Å². The lowest BCUT2D eigenvalue weighted by Crippen LogP contribution is -2.25. The Labute approximate surface area is 129 Å². The molecule has 0 unspecified atom stereocenters. The van der Waals surface area contributed by atoms with Crippen molar-refractivity contribution in [3.05, 3.63) is 62.7 Å². The molecule has 0 atom stereocenters. The first-order chi connectivity index (χ1) is 9.49. The van der Waals surface area contributed by atoms with E-state index in [-0.39, 0.29) is 17.9 Å². The lowest BCUT2D eigenvalue weighted by molar-refractivity contribution is -0.304. The smallest absolute Gasteiger partial charge is 0.195 e. The minimum Gasteiger partial charge on any atom is -0.550 e. The Kier molecular flexibility index (Phi) is 4.39. The van der Waals surface area contributed by atoms with Crippen LogP contribution in [-0.2, 0) is 11.2 Å². The number of para-hydroxylation sites is 1. The van der Waals surface area contributed by atoms with Gasteiger partial charge in [0.05, 0.1) is 0 Å². The maximum absolute atomic E-state index is 12.4. The topological polar surface area (TPSA) is 83.2 Å². The quantitative estimate of drug-likeness (QED) is 0.494. The number of hydrogen-bond donors (Lipinski definition) is 1. The lowest BCUT2D eigenvalue weighted by Gasteiger charge is -2.11. The van der Waals surface area contributed by atoms with E-state index >= 15 is 0 Å². The van der Waals surface area contributed by atoms with E-state index in [9.17, 15) is 14.7 Å². The van der Waals surface area contributed by atoms with E-state index < -0.39 is 5.97 Å². The van der Waals surface area contributed by atoms with Gasteiger partial charge in [0.2, 0.25) is 0 Å². The Hall–Kier alpha value is -1.89. The fraction of sp³-hybridized carbons (Fsp3) is 0.0667. The predicted octanol–water partition coefficient (Wildman–Crippen LogP) is 1.40. The molecule has 0 saturated heterocycles. The molecule has 0 amide bonds. The van der Waals surface area contributed by atoms with Gasteiger partial charge in [-0.1, -0.05) is 12.1 Å². The van der Waals surface area contributed by atoms with E-state index in [4.69, 9.17) is 5.73 Å². The van der Waals surface area contributed by atoms with E-state index in [0.717, 1.165) is 3.57 Å². The number of halogens is 1. The molecule has 0 saturated carbocycles. The molecular weight excluding hydrogens is 369 g/mol. The number of anilines is 1. The van der Waals surface area contributed by atoms with Crippen molar-refractivity contribution in [1.29, 1.82) is 0 Å². The molecule has 2 N–H and O–H groups in total. The van der Waals surface area contributed by atoms with Crippen LogP contribution in [0, 0.1) is 3.57 Å². The van der Waals surface area contributed by atoms with Crippen LogP contribution >= 0.6 is 22.6 Å². The van der Waals surface area contributed by atoms with Gasteiger partial charge in [-0.15, -0.1) is 0 Å². The molecule has 20 heavy (non-hydrogen) atoms. The van der Waals surface area contributed by atoms with Gasteiger partial charge in [-0.3, -0.25) is 4.79 Å². The van der Waals surface area contributed by atoms with Gasteiger partial charge in [-0.2, -0.15) is 0 Å². The minimum atomic E-state index is -1.23. The first-order valence-electron chi connectivity index (χ1n) is 5.86. The van der Waals surface area contributed by atoms with Crippen LogP contribution in [0.5, 0.6) is 0 Å². The van der Waals surface area contributed by atoms with Crippen molar-refractivity contribution in [2.75, 3.05) is 5.73 Å². The highest BCUT2D eigenvalue weighted by molar-refractivity contribution is 14.1. The molecule has 0 bridgehead atoms. The molecule has 102 valence electrons. The van der Waals surface area contributed by atoms with Crippen molar-refractivity contribution in [3.8, 4) is 0 Å². The molecule has 2 aromatic rings. The molecular formula is C15H11INO3-. The first-order valence-corrected chi connectivity index (χ1v) is 6.94. The summed E-state index contributed by atoms with van der Waals surface area (Å²) in [4.78, 5) is 23.0. The SMILES string of the molecule is Nc1c(CC(=O)[O-])cccc1C(=O)c1ccc(I)cc1. The average Bonchev–Trinajstić information content (AvgIpc) is 2.41. The van der Waals surface area contributed by atoms with Crippen LogP contribution in [-0.4, -0.2) is 11.8 Å². The first kappa shape index (κ1) is 14.5. The van der Waals surface area contributed by atoms with Crippen molar-refractivity contribution in [2.45, 2.75) is 6.42 Å². The van der Waals surface area contributed by atoms with Crippen LogP contribution < -0.4 is 10.8 Å². The molecule has 0 radical (unpaired) electrons. The summed E-state index contributed by atoms with van der Waals surface area (Å²) in [5, 5.41) is 10.7. The van der Waals surface area contributed by atoms with Crippen LogP contribution in [0.15, 0.2) is 42.5 Å². The van der Waals surface area contributed by atoms with Crippen LogP contribution in [0.1, 0.15) is 21.5 Å². The molecule has 5 heteroatoms. The standard InChI is InChI=1S/C15H12INO3/c16-11-6-4-9(5-7-11)15(20)12-3-1-2-10(14(12)17)8-13(18)19/h1-7H,8,17H2,(H,18,19)/p-1. The number of ketones is 1. The monoisotopic (exact) mass is 380 g/mol. The molecule has 0 aliphatic heterocycles. The molecule has 0 aromatic heterocycles. The van der Waals surface area contributed by atoms with Crippen molar-refractivity contribution in [3.63, 3.8) is 0 Å². The van der Waals surface area contributed by atoms with Gasteiger partial charge in [0.15, 0.2) is 5.78 Å². The highest BCUT2D eigenvalue weighted by Crippen LogP contribution is 2.21. The molecule has 4 nitrogen and oxygen atoms in total. The third-order valence-corrected chi connectivity index (χ3v) is 3.60. The number of benzene rings is 2. The number of nitrogen functional groups attached to an aromatic ring is 1. The molecule has 0 fully saturated rings. The van der Waals surface area contributed by atoms with Gasteiger partial charge < -0.3 is 15.6 Å². The average molecular weight is 380 g/mol. The number of carbonyl (C=O) groups is 2. The third-order valence-electron chi connectivity index (χ3n) is 2.88. The zero-order valence-corrected chi connectivity index (χ0v) is 12.6. The summed E-state index contributed by atoms with van der Waals surface area (Å²) in [6.07, 6.45) is -0.306. The fourth-order valence-electron chi connectivity index (χ4n) is 1.88. The summed E-state index contributed by atoms with van der Waals surface area (Å²) in [5.41, 5.74) is 7.30. The Bertz CT molecular complexity index is 665. The van der Waals surface area contributed by atoms with Gasteiger partial charge in [-0.05, 0) is 58.5 Å². The van der Waals surface area contributed by atoms with Crippen molar-refractivity contribution >= 4 is 40.0 Å². The second-order valence-electron chi connectivity index (χ2n) is 4.26. The van der Waals surface area contributed by atoms with Gasteiger partial charge in [0, 0.05) is 32.8 Å². The molecule has 0 spiro atoms. The van der Waals surface area contributed by atoms with Crippen molar-refractivity contribution < 1.29 is 14.7 Å². The van der Waals surface area contributed by atoms with Crippen molar-refractivity contribution in [2.24, 2.45) is 0 Å². The van der Waals surface area contributed by atoms with Gasteiger partial charge in [0.25, 0.3) is 0 Å². The van der Waals surface area contributed by atoms with Gasteiger partial charge in [-0.25, -0.2) is 0 Å². The van der Waals surface area contributed by atoms with E-state index in [1.165, 1.54) is 0 Å². The Morgan fingerprint density at radius 1 is 1.10 bits per heavy atom. The van der Waals surface area contributed by atoms with Crippen LogP contribution in [0.25, 0.3) is 0 Å². The second-order valence-corrected chi connectivity index (χ2v) is 5.51. The second kappa shape index (κ2) is 6.04. The Balaban J connectivity index is 2.39. The Morgan fingerprint density at radius 3 is 2.35 bits per heavy atom. The molecule has 0 aliphatic rings. The largest absolute Gasteiger partial charge is 0.550 e. The maximum Gasteiger partial charge on any atom is 0.195 e. The van der Waals surface area contributed by atoms with E-state index in [2.05, 4.69) is 22.6 Å². The molecule has 2 aromatic carbocycles. The summed E-state index contributed by atoms with van der Waals surface area (Å²) in [6.45, 7) is 0. The van der Waals surface area contributed by atoms with E-state index in [0.29, 0.717) is 16.7 Å². The molecule has 2 rings (SSSR count). The lowest BCUT2D eigenvalue weighted by atomic mass is 9.98. The number of hydrogen-bond acceptors (Lipinski definition) is 4. The summed E-state index contributed by atoms with van der Waals surface area (Å²) in [6, 6.07) is 11.9. The molecule has 0 heterocycles. The predicted molar refractivity (Wildman–Crippen MR) is 82.2 cm³/mol. The third kappa shape index (κ3) is 3.16. The Morgan fingerprint density at radius 2 is 1.75 bits per heavy atom. The highest BCUT2D eigenvalue weighted by atomic mass is 127. The van der Waals surface area contributed by atoms with E-state index in [1.807, 2.05) is 12.1 Å². The normalized spacial score (nSPS) is 10.2. The number of carboxylic acid groups (broad SMARTS) is 1.